The second-order valence-electron chi connectivity index (χ2n) is 7.91. The van der Waals surface area contributed by atoms with Crippen molar-refractivity contribution >= 4 is 34.8 Å². The third kappa shape index (κ3) is 5.17. The SMILES string of the molecule is Cc1c(NCc2ccc(Cl)s2)n[nH]c1C1CCN(C(=O)OC(C)(C)C)CC1. The van der Waals surface area contributed by atoms with Gasteiger partial charge in [-0.2, -0.15) is 5.10 Å². The van der Waals surface area contributed by atoms with Crippen molar-refractivity contribution in [2.45, 2.75) is 58.6 Å². The monoisotopic (exact) mass is 410 g/mol. The van der Waals surface area contributed by atoms with Gasteiger partial charge in [-0.3, -0.25) is 5.10 Å². The molecule has 2 aromatic rings. The normalized spacial score (nSPS) is 15.8. The number of carbonyl (C=O) groups is 1. The number of aromatic nitrogens is 2. The zero-order valence-electron chi connectivity index (χ0n) is 16.3. The molecule has 0 saturated carbocycles. The fourth-order valence-corrected chi connectivity index (χ4v) is 4.30. The molecule has 1 amide bonds. The van der Waals surface area contributed by atoms with Crippen molar-refractivity contribution in [1.29, 1.82) is 0 Å². The van der Waals surface area contributed by atoms with Crippen LogP contribution in [0.2, 0.25) is 4.34 Å². The van der Waals surface area contributed by atoms with Gasteiger partial charge in [0.25, 0.3) is 0 Å². The van der Waals surface area contributed by atoms with Crippen LogP contribution in [-0.4, -0.2) is 39.9 Å². The quantitative estimate of drug-likeness (QED) is 0.730. The molecule has 0 atom stereocenters. The van der Waals surface area contributed by atoms with E-state index in [0.717, 1.165) is 34.3 Å². The number of anilines is 1. The summed E-state index contributed by atoms with van der Waals surface area (Å²) in [4.78, 5) is 15.2. The number of halogens is 1. The Morgan fingerprint density at radius 1 is 1.41 bits per heavy atom. The lowest BCUT2D eigenvalue weighted by Gasteiger charge is -2.33. The molecule has 0 aromatic carbocycles. The minimum absolute atomic E-state index is 0.223. The summed E-state index contributed by atoms with van der Waals surface area (Å²) >= 11 is 7.55. The Hall–Kier alpha value is -1.73. The van der Waals surface area contributed by atoms with Gasteiger partial charge in [-0.1, -0.05) is 11.6 Å². The van der Waals surface area contributed by atoms with Gasteiger partial charge in [-0.05, 0) is 52.7 Å². The number of nitrogens with zero attached hydrogens (tertiary/aromatic N) is 2. The first kappa shape index (κ1) is 20.0. The maximum absolute atomic E-state index is 12.2. The van der Waals surface area contributed by atoms with Gasteiger partial charge in [0.05, 0.1) is 10.9 Å². The molecule has 148 valence electrons. The van der Waals surface area contributed by atoms with Crippen LogP contribution in [0, 0.1) is 6.92 Å². The maximum atomic E-state index is 12.2. The molecule has 1 fully saturated rings. The molecule has 0 aliphatic carbocycles. The topological polar surface area (TPSA) is 70.2 Å². The molecule has 27 heavy (non-hydrogen) atoms. The van der Waals surface area contributed by atoms with E-state index in [1.165, 1.54) is 4.88 Å². The Morgan fingerprint density at radius 2 is 2.11 bits per heavy atom. The van der Waals surface area contributed by atoms with Gasteiger partial charge >= 0.3 is 6.09 Å². The van der Waals surface area contributed by atoms with Crippen LogP contribution in [0.5, 0.6) is 0 Å². The van der Waals surface area contributed by atoms with Crippen LogP contribution in [-0.2, 0) is 11.3 Å². The molecule has 0 spiro atoms. The minimum Gasteiger partial charge on any atom is -0.444 e. The smallest absolute Gasteiger partial charge is 0.410 e. The zero-order chi connectivity index (χ0) is 19.6. The number of thiophene rings is 1. The van der Waals surface area contributed by atoms with E-state index in [1.54, 1.807) is 16.2 Å². The van der Waals surface area contributed by atoms with Crippen LogP contribution in [0.25, 0.3) is 0 Å². The van der Waals surface area contributed by atoms with Crippen LogP contribution in [0.1, 0.15) is 55.7 Å². The highest BCUT2D eigenvalue weighted by molar-refractivity contribution is 7.16. The average molecular weight is 411 g/mol. The predicted molar refractivity (Wildman–Crippen MR) is 110 cm³/mol. The molecular formula is C19H27ClN4O2S. The van der Waals surface area contributed by atoms with Crippen molar-refractivity contribution in [3.05, 3.63) is 32.6 Å². The number of hydrogen-bond donors (Lipinski definition) is 2. The highest BCUT2D eigenvalue weighted by atomic mass is 35.5. The Morgan fingerprint density at radius 3 is 2.70 bits per heavy atom. The zero-order valence-corrected chi connectivity index (χ0v) is 17.8. The van der Waals surface area contributed by atoms with Crippen LogP contribution < -0.4 is 5.32 Å². The first-order valence-corrected chi connectivity index (χ1v) is 10.4. The van der Waals surface area contributed by atoms with Crippen molar-refractivity contribution in [3.63, 3.8) is 0 Å². The lowest BCUT2D eigenvalue weighted by molar-refractivity contribution is 0.0204. The molecule has 6 nitrogen and oxygen atoms in total. The number of hydrogen-bond acceptors (Lipinski definition) is 5. The van der Waals surface area contributed by atoms with Crippen LogP contribution in [0.4, 0.5) is 10.6 Å². The van der Waals surface area contributed by atoms with Gasteiger partial charge in [0.2, 0.25) is 0 Å². The molecule has 2 aromatic heterocycles. The van der Waals surface area contributed by atoms with E-state index in [1.807, 2.05) is 32.9 Å². The fourth-order valence-electron chi connectivity index (χ4n) is 3.28. The Labute approximate surface area is 169 Å². The summed E-state index contributed by atoms with van der Waals surface area (Å²) in [5, 5.41) is 11.0. The number of H-pyrrole nitrogens is 1. The van der Waals surface area contributed by atoms with Crippen LogP contribution in [0.3, 0.4) is 0 Å². The molecule has 3 rings (SSSR count). The van der Waals surface area contributed by atoms with Crippen molar-refractivity contribution < 1.29 is 9.53 Å². The van der Waals surface area contributed by atoms with Crippen molar-refractivity contribution in [2.24, 2.45) is 0 Å². The number of carbonyl (C=O) groups excluding carboxylic acids is 1. The van der Waals surface area contributed by atoms with E-state index in [9.17, 15) is 4.79 Å². The Kier molecular flexibility index (Phi) is 6.01. The number of nitrogens with one attached hydrogen (secondary N) is 2. The number of aromatic amines is 1. The molecule has 0 radical (unpaired) electrons. The first-order valence-electron chi connectivity index (χ1n) is 9.24. The summed E-state index contributed by atoms with van der Waals surface area (Å²) in [6, 6.07) is 3.93. The number of piperidine rings is 1. The number of ether oxygens (including phenoxy) is 1. The molecule has 1 aliphatic heterocycles. The third-order valence-electron chi connectivity index (χ3n) is 4.66. The summed E-state index contributed by atoms with van der Waals surface area (Å²) in [5.74, 6) is 1.26. The van der Waals surface area contributed by atoms with Gasteiger partial charge in [0.1, 0.15) is 5.60 Å². The van der Waals surface area contributed by atoms with E-state index in [0.29, 0.717) is 25.6 Å². The lowest BCUT2D eigenvalue weighted by Crippen LogP contribution is -2.41. The van der Waals surface area contributed by atoms with E-state index >= 15 is 0 Å². The van der Waals surface area contributed by atoms with Gasteiger partial charge in [0, 0.05) is 35.1 Å². The molecular weight excluding hydrogens is 384 g/mol. The van der Waals surface area contributed by atoms with E-state index in [2.05, 4.69) is 22.4 Å². The van der Waals surface area contributed by atoms with Crippen molar-refractivity contribution in [3.8, 4) is 0 Å². The van der Waals surface area contributed by atoms with Gasteiger partial charge in [-0.25, -0.2) is 4.79 Å². The maximum Gasteiger partial charge on any atom is 0.410 e. The number of amides is 1. The predicted octanol–water partition coefficient (Wildman–Crippen LogP) is 5.16. The molecule has 0 bridgehead atoms. The molecule has 1 saturated heterocycles. The van der Waals surface area contributed by atoms with Gasteiger partial charge in [0.15, 0.2) is 5.82 Å². The third-order valence-corrected chi connectivity index (χ3v) is 5.89. The Bertz CT molecular complexity index is 788. The summed E-state index contributed by atoms with van der Waals surface area (Å²) in [5.41, 5.74) is 1.85. The molecule has 2 N–H and O–H groups in total. The van der Waals surface area contributed by atoms with Crippen molar-refractivity contribution in [2.75, 3.05) is 18.4 Å². The molecule has 3 heterocycles. The highest BCUT2D eigenvalue weighted by Gasteiger charge is 2.29. The fraction of sp³-hybridized carbons (Fsp3) is 0.579. The summed E-state index contributed by atoms with van der Waals surface area (Å²) < 4.78 is 6.26. The first-order chi connectivity index (χ1) is 12.7. The Balaban J connectivity index is 1.55. The standard InChI is InChI=1S/C19H27ClN4O2S/c1-12-16(22-23-17(12)21-11-14-5-6-15(20)27-14)13-7-9-24(10-8-13)18(25)26-19(2,3)4/h5-6,13H,7-11H2,1-4H3,(H2,21,22,23). The van der Waals surface area contributed by atoms with E-state index in [-0.39, 0.29) is 6.09 Å². The highest BCUT2D eigenvalue weighted by Crippen LogP contribution is 2.32. The lowest BCUT2D eigenvalue weighted by atomic mass is 9.91. The molecule has 0 unspecified atom stereocenters. The minimum atomic E-state index is -0.457. The van der Waals surface area contributed by atoms with Crippen LogP contribution >= 0.6 is 22.9 Å². The van der Waals surface area contributed by atoms with Crippen molar-refractivity contribution in [1.82, 2.24) is 15.1 Å². The van der Waals surface area contributed by atoms with Crippen LogP contribution in [0.15, 0.2) is 12.1 Å². The average Bonchev–Trinajstić information content (AvgIpc) is 3.17. The van der Waals surface area contributed by atoms with Gasteiger partial charge in [-0.15, -0.1) is 11.3 Å². The summed E-state index contributed by atoms with van der Waals surface area (Å²) in [7, 11) is 0. The van der Waals surface area contributed by atoms with Gasteiger partial charge < -0.3 is 15.0 Å². The van der Waals surface area contributed by atoms with E-state index < -0.39 is 5.60 Å². The summed E-state index contributed by atoms with van der Waals surface area (Å²) in [6.07, 6.45) is 1.59. The summed E-state index contributed by atoms with van der Waals surface area (Å²) in [6.45, 7) is 9.88. The second kappa shape index (κ2) is 8.10. The largest absolute Gasteiger partial charge is 0.444 e. The number of rotatable bonds is 4. The molecule has 8 heteroatoms. The number of likely N-dealkylation sites (tertiary alicyclic amines) is 1. The van der Waals surface area contributed by atoms with E-state index in [4.69, 9.17) is 16.3 Å². The second-order valence-corrected chi connectivity index (χ2v) is 9.71. The molecule has 1 aliphatic rings.